The molecule has 0 aliphatic carbocycles. The fourth-order valence-electron chi connectivity index (χ4n) is 2.64. The highest BCUT2D eigenvalue weighted by atomic mass is 32.1. The van der Waals surface area contributed by atoms with Gasteiger partial charge in [-0.05, 0) is 25.1 Å². The third kappa shape index (κ3) is 2.63. The Labute approximate surface area is 126 Å². The van der Waals surface area contributed by atoms with Gasteiger partial charge in [0, 0.05) is 26.1 Å². The molecule has 0 bridgehead atoms. The molecule has 1 N–H and O–H groups in total. The number of ether oxygens (including phenoxy) is 1. The van der Waals surface area contributed by atoms with Crippen molar-refractivity contribution in [1.29, 1.82) is 0 Å². The fraction of sp³-hybridized carbons (Fsp3) is 0.538. The summed E-state index contributed by atoms with van der Waals surface area (Å²) in [5, 5.41) is 0. The van der Waals surface area contributed by atoms with E-state index in [1.54, 1.807) is 7.11 Å². The number of H-pyrrole nitrogens is 1. The number of rotatable bonds is 4. The number of carbonyl (C=O) groups is 1. The number of amides is 1. The molecule has 0 radical (unpaired) electrons. The number of methoxy groups -OCH3 is 1. The van der Waals surface area contributed by atoms with E-state index in [1.165, 1.54) is 6.33 Å². The topological polar surface area (TPSA) is 76.0 Å². The first kappa shape index (κ1) is 14.0. The number of imidazole rings is 1. The van der Waals surface area contributed by atoms with Crippen molar-refractivity contribution in [3.8, 4) is 5.88 Å². The van der Waals surface area contributed by atoms with Crippen molar-refractivity contribution in [3.05, 3.63) is 11.1 Å². The van der Waals surface area contributed by atoms with E-state index in [2.05, 4.69) is 15.0 Å². The molecule has 1 aliphatic rings. The van der Waals surface area contributed by atoms with Crippen LogP contribution in [0.2, 0.25) is 0 Å². The minimum absolute atomic E-state index is 0.171. The first-order valence-electron chi connectivity index (χ1n) is 6.96. The van der Waals surface area contributed by atoms with Crippen LogP contribution in [-0.4, -0.2) is 50.5 Å². The number of aryl methyl sites for hydroxylation is 1. The summed E-state index contributed by atoms with van der Waals surface area (Å²) >= 11 is 5.31. The van der Waals surface area contributed by atoms with Gasteiger partial charge < -0.3 is 19.2 Å². The average Bonchev–Trinajstić information content (AvgIpc) is 3.12. The lowest BCUT2D eigenvalue weighted by molar-refractivity contribution is -0.130. The van der Waals surface area contributed by atoms with Gasteiger partial charge in [-0.15, -0.1) is 0 Å². The minimum Gasteiger partial charge on any atom is -0.479 e. The molecule has 3 rings (SSSR count). The lowest BCUT2D eigenvalue weighted by atomic mass is 10.3. The smallest absolute Gasteiger partial charge is 0.242 e. The summed E-state index contributed by atoms with van der Waals surface area (Å²) < 4.78 is 7.53. The number of aromatic amines is 1. The van der Waals surface area contributed by atoms with Crippen LogP contribution >= 0.6 is 12.2 Å². The van der Waals surface area contributed by atoms with Crippen LogP contribution in [0.1, 0.15) is 19.3 Å². The molecule has 7 nitrogen and oxygen atoms in total. The van der Waals surface area contributed by atoms with Gasteiger partial charge in [0.2, 0.25) is 11.8 Å². The van der Waals surface area contributed by atoms with Crippen molar-refractivity contribution in [1.82, 2.24) is 24.4 Å². The van der Waals surface area contributed by atoms with Crippen molar-refractivity contribution < 1.29 is 9.53 Å². The third-order valence-corrected chi connectivity index (χ3v) is 4.05. The maximum Gasteiger partial charge on any atom is 0.242 e. The molecule has 0 unspecified atom stereocenters. The zero-order chi connectivity index (χ0) is 14.8. The highest BCUT2D eigenvalue weighted by Gasteiger charge is 2.18. The summed E-state index contributed by atoms with van der Waals surface area (Å²) in [5.74, 6) is 0.625. The molecule has 1 fully saturated rings. The third-order valence-electron chi connectivity index (χ3n) is 3.73. The number of fused-ring (bicyclic) bond motifs is 1. The molecule has 112 valence electrons. The highest BCUT2D eigenvalue weighted by Crippen LogP contribution is 2.20. The Morgan fingerprint density at radius 2 is 2.19 bits per heavy atom. The molecular formula is C13H17N5O2S. The highest BCUT2D eigenvalue weighted by molar-refractivity contribution is 7.71. The number of aromatic nitrogens is 4. The van der Waals surface area contributed by atoms with Gasteiger partial charge in [-0.1, -0.05) is 0 Å². The Morgan fingerprint density at radius 3 is 2.90 bits per heavy atom. The quantitative estimate of drug-likeness (QED) is 0.867. The van der Waals surface area contributed by atoms with Gasteiger partial charge in [0.05, 0.1) is 7.11 Å². The first-order chi connectivity index (χ1) is 10.2. The molecular weight excluding hydrogens is 290 g/mol. The van der Waals surface area contributed by atoms with Gasteiger partial charge in [0.25, 0.3) is 0 Å². The predicted octanol–water partition coefficient (Wildman–Crippen LogP) is 1.51. The van der Waals surface area contributed by atoms with Crippen molar-refractivity contribution in [2.75, 3.05) is 20.2 Å². The predicted molar refractivity (Wildman–Crippen MR) is 79.7 cm³/mol. The van der Waals surface area contributed by atoms with E-state index in [0.717, 1.165) is 25.9 Å². The van der Waals surface area contributed by atoms with Gasteiger partial charge in [-0.2, -0.15) is 4.98 Å². The molecule has 0 atom stereocenters. The molecule has 21 heavy (non-hydrogen) atoms. The van der Waals surface area contributed by atoms with Crippen LogP contribution in [0.4, 0.5) is 0 Å². The summed E-state index contributed by atoms with van der Waals surface area (Å²) in [6, 6.07) is 0. The SMILES string of the molecule is COc1ncnc2c1[nH]c(=S)n2CCC(=O)N1CCCC1. The Morgan fingerprint density at radius 1 is 1.43 bits per heavy atom. The number of nitrogens with zero attached hydrogens (tertiary/aromatic N) is 4. The van der Waals surface area contributed by atoms with E-state index in [9.17, 15) is 4.79 Å². The molecule has 2 aromatic rings. The molecule has 1 saturated heterocycles. The molecule has 3 heterocycles. The number of hydrogen-bond acceptors (Lipinski definition) is 5. The second kappa shape index (κ2) is 5.80. The largest absolute Gasteiger partial charge is 0.479 e. The maximum atomic E-state index is 12.1. The van der Waals surface area contributed by atoms with E-state index >= 15 is 0 Å². The molecule has 1 amide bonds. The molecule has 8 heteroatoms. The minimum atomic E-state index is 0.171. The van der Waals surface area contributed by atoms with E-state index < -0.39 is 0 Å². The molecule has 2 aromatic heterocycles. The van der Waals surface area contributed by atoms with Crippen LogP contribution in [0.15, 0.2) is 6.33 Å². The van der Waals surface area contributed by atoms with Crippen LogP contribution in [0.3, 0.4) is 0 Å². The monoisotopic (exact) mass is 307 g/mol. The number of carbonyl (C=O) groups excluding carboxylic acids is 1. The number of hydrogen-bond donors (Lipinski definition) is 1. The number of likely N-dealkylation sites (tertiary alicyclic amines) is 1. The Bertz CT molecular complexity index is 717. The second-order valence-corrected chi connectivity index (χ2v) is 5.39. The summed E-state index contributed by atoms with van der Waals surface area (Å²) in [6.45, 7) is 2.25. The molecule has 0 spiro atoms. The van der Waals surface area contributed by atoms with E-state index in [-0.39, 0.29) is 5.91 Å². The normalized spacial score (nSPS) is 14.8. The van der Waals surface area contributed by atoms with Crippen molar-refractivity contribution in [3.63, 3.8) is 0 Å². The molecule has 0 aromatic carbocycles. The fourth-order valence-corrected chi connectivity index (χ4v) is 2.92. The van der Waals surface area contributed by atoms with E-state index in [1.807, 2.05) is 9.47 Å². The standard InChI is InChI=1S/C13H17N5O2S/c1-20-12-10-11(14-8-15-12)18(13(21)16-10)7-4-9(19)17-5-2-3-6-17/h8H,2-7H2,1H3,(H,16,21). The second-order valence-electron chi connectivity index (χ2n) is 5.00. The van der Waals surface area contributed by atoms with Crippen LogP contribution < -0.4 is 4.74 Å². The maximum absolute atomic E-state index is 12.1. The summed E-state index contributed by atoms with van der Waals surface area (Å²) in [5.41, 5.74) is 1.33. The van der Waals surface area contributed by atoms with Gasteiger partial charge in [-0.3, -0.25) is 4.79 Å². The Balaban J connectivity index is 1.82. The molecule has 1 aliphatic heterocycles. The summed E-state index contributed by atoms with van der Waals surface area (Å²) in [7, 11) is 1.55. The first-order valence-corrected chi connectivity index (χ1v) is 7.37. The lowest BCUT2D eigenvalue weighted by Crippen LogP contribution is -2.28. The summed E-state index contributed by atoms with van der Waals surface area (Å²) in [4.78, 5) is 25.3. The van der Waals surface area contributed by atoms with Gasteiger partial charge in [0.15, 0.2) is 10.4 Å². The van der Waals surface area contributed by atoms with Crippen LogP contribution in [0, 0.1) is 4.77 Å². The van der Waals surface area contributed by atoms with Gasteiger partial charge >= 0.3 is 0 Å². The zero-order valence-electron chi connectivity index (χ0n) is 11.8. The van der Waals surface area contributed by atoms with E-state index in [4.69, 9.17) is 17.0 Å². The van der Waals surface area contributed by atoms with E-state index in [0.29, 0.717) is 34.8 Å². The van der Waals surface area contributed by atoms with Crippen LogP contribution in [0.25, 0.3) is 11.2 Å². The molecule has 0 saturated carbocycles. The Hall–Kier alpha value is -1.96. The number of nitrogens with one attached hydrogen (secondary N) is 1. The Kier molecular flexibility index (Phi) is 3.87. The summed E-state index contributed by atoms with van der Waals surface area (Å²) in [6.07, 6.45) is 4.06. The average molecular weight is 307 g/mol. The van der Waals surface area contributed by atoms with Gasteiger partial charge in [0.1, 0.15) is 11.8 Å². The van der Waals surface area contributed by atoms with Gasteiger partial charge in [-0.25, -0.2) is 4.98 Å². The van der Waals surface area contributed by atoms with Crippen LogP contribution in [0.5, 0.6) is 5.88 Å². The lowest BCUT2D eigenvalue weighted by Gasteiger charge is -2.15. The van der Waals surface area contributed by atoms with Crippen molar-refractivity contribution in [2.45, 2.75) is 25.8 Å². The van der Waals surface area contributed by atoms with Crippen molar-refractivity contribution >= 4 is 29.3 Å². The van der Waals surface area contributed by atoms with Crippen molar-refractivity contribution in [2.24, 2.45) is 0 Å². The van der Waals surface area contributed by atoms with Crippen LogP contribution in [-0.2, 0) is 11.3 Å². The zero-order valence-corrected chi connectivity index (χ0v) is 12.7.